The highest BCUT2D eigenvalue weighted by atomic mass is 32.2. The van der Waals surface area contributed by atoms with E-state index < -0.39 is 22.5 Å². The molecule has 2 atom stereocenters. The molecular weight excluding hydrogens is 344 g/mol. The largest absolute Gasteiger partial charge is 0.416 e. The van der Waals surface area contributed by atoms with Crippen LogP contribution in [0.3, 0.4) is 0 Å². The Morgan fingerprint density at radius 2 is 1.84 bits per heavy atom. The van der Waals surface area contributed by atoms with Gasteiger partial charge in [-0.25, -0.2) is 8.98 Å². The number of cyclic esters (lactones) is 1. The summed E-state index contributed by atoms with van der Waals surface area (Å²) in [4.78, 5) is 16.1. The zero-order valence-electron chi connectivity index (χ0n) is 15.2. The molecule has 25 heavy (non-hydrogen) atoms. The van der Waals surface area contributed by atoms with Gasteiger partial charge in [0.25, 0.3) is 10.1 Å². The predicted molar refractivity (Wildman–Crippen MR) is 93.5 cm³/mol. The van der Waals surface area contributed by atoms with Gasteiger partial charge in [-0.3, -0.25) is 4.90 Å². The molecule has 2 unspecified atom stereocenters. The minimum absolute atomic E-state index is 0.385. The van der Waals surface area contributed by atoms with E-state index in [9.17, 15) is 13.2 Å². The molecule has 1 aliphatic carbocycles. The van der Waals surface area contributed by atoms with Crippen molar-refractivity contribution >= 4 is 16.2 Å². The van der Waals surface area contributed by atoms with E-state index in [-0.39, 0.29) is 6.04 Å². The molecule has 3 rings (SSSR count). The van der Waals surface area contributed by atoms with Gasteiger partial charge >= 0.3 is 6.09 Å². The van der Waals surface area contributed by atoms with E-state index >= 15 is 0 Å². The van der Waals surface area contributed by atoms with Crippen molar-refractivity contribution in [3.63, 3.8) is 0 Å². The van der Waals surface area contributed by atoms with Crippen LogP contribution in [0, 0.1) is 5.92 Å². The summed E-state index contributed by atoms with van der Waals surface area (Å²) in [5.74, 6) is 0.805. The molecular formula is C17H30N2O5S. The average molecular weight is 375 g/mol. The molecule has 0 aromatic rings. The number of piperidine rings is 1. The summed E-state index contributed by atoms with van der Waals surface area (Å²) in [5.41, 5.74) is 0. The van der Waals surface area contributed by atoms with Gasteiger partial charge in [-0.2, -0.15) is 8.42 Å². The number of carbonyl (C=O) groups is 1. The fourth-order valence-electron chi connectivity index (χ4n) is 3.91. The molecule has 2 aliphatic heterocycles. The van der Waals surface area contributed by atoms with E-state index in [4.69, 9.17) is 8.92 Å². The van der Waals surface area contributed by atoms with E-state index in [1.54, 1.807) is 11.8 Å². The van der Waals surface area contributed by atoms with Crippen LogP contribution in [0.5, 0.6) is 0 Å². The monoisotopic (exact) mass is 374 g/mol. The lowest BCUT2D eigenvalue weighted by atomic mass is 9.91. The van der Waals surface area contributed by atoms with Gasteiger partial charge in [0.15, 0.2) is 0 Å². The van der Waals surface area contributed by atoms with Crippen molar-refractivity contribution < 1.29 is 22.1 Å². The third kappa shape index (κ3) is 5.31. The lowest BCUT2D eigenvalue weighted by Crippen LogP contribution is -2.36. The highest BCUT2D eigenvalue weighted by Crippen LogP contribution is 2.32. The molecule has 2 heterocycles. The summed E-state index contributed by atoms with van der Waals surface area (Å²) in [6.07, 6.45) is 8.01. The Hall–Kier alpha value is -0.860. The highest BCUT2D eigenvalue weighted by molar-refractivity contribution is 7.86. The summed E-state index contributed by atoms with van der Waals surface area (Å²) in [5, 5.41) is 0. The number of hydrogen-bond donors (Lipinski definition) is 0. The van der Waals surface area contributed by atoms with Crippen LogP contribution in [0.25, 0.3) is 0 Å². The van der Waals surface area contributed by atoms with E-state index in [0.717, 1.165) is 31.1 Å². The number of hydrogen-bond acceptors (Lipinski definition) is 6. The first kappa shape index (κ1) is 18.9. The van der Waals surface area contributed by atoms with Crippen LogP contribution in [-0.2, 0) is 19.0 Å². The molecule has 2 saturated heterocycles. The van der Waals surface area contributed by atoms with Gasteiger partial charge in [0, 0.05) is 12.6 Å². The second-order valence-corrected chi connectivity index (χ2v) is 9.29. The SMILES string of the molecule is CC1C(OS(C)(=O)=O)OC(=O)N1CCCCC1CCN(C2CC2)CC1. The van der Waals surface area contributed by atoms with Gasteiger partial charge in [0.05, 0.1) is 12.3 Å². The van der Waals surface area contributed by atoms with Crippen LogP contribution in [0.1, 0.15) is 51.9 Å². The van der Waals surface area contributed by atoms with Crippen molar-refractivity contribution in [1.82, 2.24) is 9.80 Å². The van der Waals surface area contributed by atoms with Crippen molar-refractivity contribution in [2.24, 2.45) is 5.92 Å². The maximum Gasteiger partial charge on any atom is 0.412 e. The topological polar surface area (TPSA) is 76.2 Å². The zero-order valence-corrected chi connectivity index (χ0v) is 16.0. The Kier molecular flexibility index (Phi) is 5.90. The Balaban J connectivity index is 1.34. The second-order valence-electron chi connectivity index (χ2n) is 7.69. The minimum Gasteiger partial charge on any atom is -0.416 e. The number of amides is 1. The van der Waals surface area contributed by atoms with Gasteiger partial charge in [-0.05, 0) is 58.0 Å². The van der Waals surface area contributed by atoms with Gasteiger partial charge in [0.2, 0.25) is 6.29 Å². The maximum atomic E-state index is 11.9. The molecule has 0 aromatic carbocycles. The first-order valence-electron chi connectivity index (χ1n) is 9.43. The van der Waals surface area contributed by atoms with E-state index in [2.05, 4.69) is 4.90 Å². The van der Waals surface area contributed by atoms with Crippen molar-refractivity contribution in [3.05, 3.63) is 0 Å². The first-order chi connectivity index (χ1) is 11.8. The number of ether oxygens (including phenoxy) is 1. The van der Waals surface area contributed by atoms with Gasteiger partial charge in [0.1, 0.15) is 0 Å². The van der Waals surface area contributed by atoms with Crippen molar-refractivity contribution in [2.75, 3.05) is 25.9 Å². The Morgan fingerprint density at radius 3 is 2.44 bits per heavy atom. The molecule has 0 N–H and O–H groups in total. The number of likely N-dealkylation sites (tertiary alicyclic amines) is 1. The van der Waals surface area contributed by atoms with Gasteiger partial charge < -0.3 is 9.64 Å². The second kappa shape index (κ2) is 7.80. The molecule has 1 saturated carbocycles. The van der Waals surface area contributed by atoms with E-state index in [1.807, 2.05) is 0 Å². The zero-order chi connectivity index (χ0) is 18.0. The maximum absolute atomic E-state index is 11.9. The third-order valence-corrected chi connectivity index (χ3v) is 6.12. The fourth-order valence-corrected chi connectivity index (χ4v) is 4.45. The van der Waals surface area contributed by atoms with Crippen molar-refractivity contribution in [1.29, 1.82) is 0 Å². The summed E-state index contributed by atoms with van der Waals surface area (Å²) < 4.78 is 32.3. The predicted octanol–water partition coefficient (Wildman–Crippen LogP) is 2.17. The number of nitrogens with zero attached hydrogens (tertiary/aromatic N) is 2. The number of unbranched alkanes of at least 4 members (excludes halogenated alkanes) is 1. The van der Waals surface area contributed by atoms with E-state index in [1.165, 1.54) is 45.2 Å². The average Bonchev–Trinajstić information content (AvgIpc) is 3.34. The molecule has 0 aromatic heterocycles. The standard InChI is InChI=1S/C17H30N2O5S/c1-13-16(24-25(2,21)22)23-17(20)19(13)10-4-3-5-14-8-11-18(12-9-14)15-6-7-15/h13-16H,3-12H2,1-2H3. The Bertz CT molecular complexity index is 570. The summed E-state index contributed by atoms with van der Waals surface area (Å²) in [6.45, 7) is 4.84. The summed E-state index contributed by atoms with van der Waals surface area (Å²) >= 11 is 0. The van der Waals surface area contributed by atoms with Crippen molar-refractivity contribution in [3.8, 4) is 0 Å². The van der Waals surface area contributed by atoms with Gasteiger partial charge in [-0.1, -0.05) is 12.8 Å². The summed E-state index contributed by atoms with van der Waals surface area (Å²) in [7, 11) is -3.64. The molecule has 3 aliphatic rings. The highest BCUT2D eigenvalue weighted by Gasteiger charge is 2.41. The molecule has 7 nitrogen and oxygen atoms in total. The number of carbonyl (C=O) groups excluding carboxylic acids is 1. The van der Waals surface area contributed by atoms with Crippen LogP contribution < -0.4 is 0 Å². The van der Waals surface area contributed by atoms with E-state index in [0.29, 0.717) is 6.54 Å². The van der Waals surface area contributed by atoms with Crippen LogP contribution in [0.15, 0.2) is 0 Å². The molecule has 1 amide bonds. The normalized spacial score (nSPS) is 29.2. The van der Waals surface area contributed by atoms with Crippen molar-refractivity contribution in [2.45, 2.75) is 70.2 Å². The van der Waals surface area contributed by atoms with Gasteiger partial charge in [-0.15, -0.1) is 0 Å². The fraction of sp³-hybridized carbons (Fsp3) is 0.941. The third-order valence-electron chi connectivity index (χ3n) is 5.58. The summed E-state index contributed by atoms with van der Waals surface area (Å²) in [6, 6.07) is 0.495. The molecule has 8 heteroatoms. The van der Waals surface area contributed by atoms with Crippen LogP contribution in [0.4, 0.5) is 4.79 Å². The van der Waals surface area contributed by atoms with Crippen LogP contribution >= 0.6 is 0 Å². The Morgan fingerprint density at radius 1 is 1.16 bits per heavy atom. The lowest BCUT2D eigenvalue weighted by molar-refractivity contribution is -0.00743. The molecule has 0 spiro atoms. The molecule has 0 bridgehead atoms. The quantitative estimate of drug-likeness (QED) is 0.479. The molecule has 3 fully saturated rings. The number of rotatable bonds is 8. The lowest BCUT2D eigenvalue weighted by Gasteiger charge is -2.32. The van der Waals surface area contributed by atoms with Crippen LogP contribution in [-0.4, -0.2) is 68.6 Å². The first-order valence-corrected chi connectivity index (χ1v) is 11.2. The molecule has 144 valence electrons. The minimum atomic E-state index is -3.64. The Labute approximate surface area is 150 Å². The molecule has 0 radical (unpaired) electrons. The smallest absolute Gasteiger partial charge is 0.412 e. The van der Waals surface area contributed by atoms with Crippen LogP contribution in [0.2, 0.25) is 0 Å².